The molecule has 1 N–H and O–H groups in total. The molecule has 1 amide bonds. The summed E-state index contributed by atoms with van der Waals surface area (Å²) in [4.78, 5) is 20.7. The van der Waals surface area contributed by atoms with Gasteiger partial charge in [-0.15, -0.1) is 0 Å². The number of carbonyl (C=O) groups is 1. The number of hydrogen-bond donors (Lipinski definition) is 1. The number of benzene rings is 1. The number of aromatic nitrogens is 1. The number of amides is 1. The van der Waals surface area contributed by atoms with Gasteiger partial charge in [0.2, 0.25) is 0 Å². The summed E-state index contributed by atoms with van der Waals surface area (Å²) in [5.41, 5.74) is 2.90. The Labute approximate surface area is 136 Å². The maximum absolute atomic E-state index is 13.1. The van der Waals surface area contributed by atoms with E-state index in [0.29, 0.717) is 18.2 Å². The van der Waals surface area contributed by atoms with Crippen LogP contribution in [0, 0.1) is 12.8 Å². The molecule has 0 spiro atoms. The third-order valence-electron chi connectivity index (χ3n) is 4.92. The number of nitrogens with one attached hydrogen (secondary N) is 1. The molecule has 3 heterocycles. The van der Waals surface area contributed by atoms with Crippen molar-refractivity contribution in [2.45, 2.75) is 13.0 Å². The first-order valence-corrected chi connectivity index (χ1v) is 8.27. The molecule has 2 saturated heterocycles. The average Bonchev–Trinajstić information content (AvgIpc) is 2.72. The molecule has 2 bridgehead atoms. The van der Waals surface area contributed by atoms with E-state index >= 15 is 0 Å². The molecule has 0 radical (unpaired) electrons. The fourth-order valence-corrected chi connectivity index (χ4v) is 3.85. The van der Waals surface area contributed by atoms with Crippen LogP contribution in [0.25, 0.3) is 10.9 Å². The first kappa shape index (κ1) is 14.7. The zero-order valence-electron chi connectivity index (χ0n) is 13.7. The Morgan fingerprint density at radius 2 is 2.09 bits per heavy atom. The summed E-state index contributed by atoms with van der Waals surface area (Å²) in [5, 5.41) is 1.10. The fraction of sp³-hybridized carbons (Fsp3) is 0.500. The molecule has 2 aliphatic heterocycles. The summed E-state index contributed by atoms with van der Waals surface area (Å²) >= 11 is 0. The highest BCUT2D eigenvalue weighted by Crippen LogP contribution is 2.23. The summed E-state index contributed by atoms with van der Waals surface area (Å²) in [7, 11) is 2.13. The van der Waals surface area contributed by atoms with Gasteiger partial charge in [0.15, 0.2) is 0 Å². The third-order valence-corrected chi connectivity index (χ3v) is 4.92. The molecule has 0 aliphatic carbocycles. The molecule has 23 heavy (non-hydrogen) atoms. The van der Waals surface area contributed by atoms with Crippen LogP contribution in [0.2, 0.25) is 0 Å². The summed E-state index contributed by atoms with van der Waals surface area (Å²) in [5.74, 6) is 0.484. The highest BCUT2D eigenvalue weighted by molar-refractivity contribution is 5.98. The Bertz CT molecular complexity index is 739. The number of ether oxygens (including phenoxy) is 1. The van der Waals surface area contributed by atoms with Crippen molar-refractivity contribution in [3.8, 4) is 0 Å². The summed E-state index contributed by atoms with van der Waals surface area (Å²) < 4.78 is 5.77. The van der Waals surface area contributed by atoms with Crippen molar-refractivity contribution in [3.05, 3.63) is 35.5 Å². The van der Waals surface area contributed by atoms with E-state index in [-0.39, 0.29) is 11.9 Å². The van der Waals surface area contributed by atoms with Gasteiger partial charge >= 0.3 is 0 Å². The molecule has 2 aromatic rings. The Hall–Kier alpha value is -1.85. The second kappa shape index (κ2) is 5.65. The molecule has 122 valence electrons. The van der Waals surface area contributed by atoms with Gasteiger partial charge in [-0.25, -0.2) is 0 Å². The smallest absolute Gasteiger partial charge is 0.270 e. The van der Waals surface area contributed by atoms with Crippen molar-refractivity contribution in [1.82, 2.24) is 14.8 Å². The van der Waals surface area contributed by atoms with E-state index in [9.17, 15) is 4.79 Å². The van der Waals surface area contributed by atoms with Gasteiger partial charge in [0.25, 0.3) is 5.91 Å². The van der Waals surface area contributed by atoms with Crippen LogP contribution in [-0.2, 0) is 4.74 Å². The van der Waals surface area contributed by atoms with Gasteiger partial charge in [-0.1, -0.05) is 11.6 Å². The third kappa shape index (κ3) is 2.75. The number of rotatable bonds is 1. The lowest BCUT2D eigenvalue weighted by Crippen LogP contribution is -2.46. The number of hydrogen-bond acceptors (Lipinski definition) is 3. The van der Waals surface area contributed by atoms with E-state index in [1.807, 2.05) is 17.0 Å². The van der Waals surface area contributed by atoms with Crippen LogP contribution in [0.1, 0.15) is 16.1 Å². The Kier molecular flexibility index (Phi) is 3.62. The second-order valence-electron chi connectivity index (χ2n) is 7.01. The van der Waals surface area contributed by atoms with Crippen molar-refractivity contribution < 1.29 is 9.53 Å². The molecule has 2 aliphatic rings. The summed E-state index contributed by atoms with van der Waals surface area (Å²) in [6.45, 7) is 6.09. The van der Waals surface area contributed by atoms with E-state index in [0.717, 1.165) is 37.1 Å². The summed E-state index contributed by atoms with van der Waals surface area (Å²) in [6, 6.07) is 8.33. The Balaban J connectivity index is 1.66. The Morgan fingerprint density at radius 1 is 1.22 bits per heavy atom. The van der Waals surface area contributed by atoms with Gasteiger partial charge in [0, 0.05) is 36.5 Å². The molecule has 0 unspecified atom stereocenters. The van der Waals surface area contributed by atoms with Crippen LogP contribution in [0.4, 0.5) is 0 Å². The van der Waals surface area contributed by atoms with E-state index < -0.39 is 0 Å². The minimum atomic E-state index is 0.0923. The standard InChI is InChI=1S/C18H23N3O2/c1-12-3-4-16-14(5-12)6-17(19-16)18(22)21-8-13-7-20(2)9-15(21)11-23-10-13/h3-6,13,15,19H,7-11H2,1-2H3/t13-,15-/m0/s1. The monoisotopic (exact) mass is 313 g/mol. The molecule has 4 rings (SSSR count). The van der Waals surface area contributed by atoms with Crippen LogP contribution in [0.5, 0.6) is 0 Å². The molecule has 5 heteroatoms. The van der Waals surface area contributed by atoms with Crippen molar-refractivity contribution in [1.29, 1.82) is 0 Å². The Morgan fingerprint density at radius 3 is 2.96 bits per heavy atom. The van der Waals surface area contributed by atoms with Gasteiger partial charge in [0.1, 0.15) is 5.69 Å². The molecule has 2 fully saturated rings. The first-order valence-electron chi connectivity index (χ1n) is 8.27. The quantitative estimate of drug-likeness (QED) is 0.874. The summed E-state index contributed by atoms with van der Waals surface area (Å²) in [6.07, 6.45) is 0. The topological polar surface area (TPSA) is 48.6 Å². The zero-order valence-corrected chi connectivity index (χ0v) is 13.7. The molecule has 0 saturated carbocycles. The number of fused-ring (bicyclic) bond motifs is 4. The molecule has 5 nitrogen and oxygen atoms in total. The van der Waals surface area contributed by atoms with E-state index in [1.54, 1.807) is 0 Å². The molecular formula is C18H23N3O2. The fourth-order valence-electron chi connectivity index (χ4n) is 3.85. The number of likely N-dealkylation sites (N-methyl/N-ethyl adjacent to an activating group) is 1. The lowest BCUT2D eigenvalue weighted by Gasteiger charge is -2.29. The highest BCUT2D eigenvalue weighted by atomic mass is 16.5. The van der Waals surface area contributed by atoms with Crippen LogP contribution in [0.15, 0.2) is 24.3 Å². The van der Waals surface area contributed by atoms with Gasteiger partial charge in [0.05, 0.1) is 19.3 Å². The molecule has 1 aromatic carbocycles. The first-order chi connectivity index (χ1) is 11.1. The van der Waals surface area contributed by atoms with Crippen LogP contribution < -0.4 is 0 Å². The van der Waals surface area contributed by atoms with Gasteiger partial charge in [-0.05, 0) is 32.2 Å². The minimum absolute atomic E-state index is 0.0923. The van der Waals surface area contributed by atoms with Crippen LogP contribution in [-0.4, -0.2) is 66.6 Å². The minimum Gasteiger partial charge on any atom is -0.379 e. The molecule has 1 aromatic heterocycles. The van der Waals surface area contributed by atoms with E-state index in [4.69, 9.17) is 4.74 Å². The predicted octanol–water partition coefficient (Wildman–Crippen LogP) is 1.88. The normalized spacial score (nSPS) is 25.6. The number of aromatic amines is 1. The SMILES string of the molecule is Cc1ccc2[nH]c(C(=O)N3C[C@H]4COC[C@@H]3CN(C)C4)cc2c1. The number of aryl methyl sites for hydroxylation is 1. The largest absolute Gasteiger partial charge is 0.379 e. The molecule has 2 atom stereocenters. The predicted molar refractivity (Wildman–Crippen MR) is 89.7 cm³/mol. The maximum Gasteiger partial charge on any atom is 0.270 e. The van der Waals surface area contributed by atoms with E-state index in [2.05, 4.69) is 36.0 Å². The number of nitrogens with zero attached hydrogens (tertiary/aromatic N) is 2. The van der Waals surface area contributed by atoms with Crippen LogP contribution in [0.3, 0.4) is 0 Å². The maximum atomic E-state index is 13.1. The molecular weight excluding hydrogens is 290 g/mol. The van der Waals surface area contributed by atoms with Crippen molar-refractivity contribution in [3.63, 3.8) is 0 Å². The second-order valence-corrected chi connectivity index (χ2v) is 7.01. The highest BCUT2D eigenvalue weighted by Gasteiger charge is 2.35. The van der Waals surface area contributed by atoms with E-state index in [1.165, 1.54) is 5.56 Å². The van der Waals surface area contributed by atoms with Gasteiger partial charge in [-0.3, -0.25) is 4.79 Å². The van der Waals surface area contributed by atoms with Gasteiger partial charge < -0.3 is 19.5 Å². The zero-order chi connectivity index (χ0) is 16.0. The van der Waals surface area contributed by atoms with Crippen molar-refractivity contribution >= 4 is 16.8 Å². The number of H-pyrrole nitrogens is 1. The lowest BCUT2D eigenvalue weighted by atomic mass is 10.1. The lowest BCUT2D eigenvalue weighted by molar-refractivity contribution is 0.0481. The van der Waals surface area contributed by atoms with Gasteiger partial charge in [-0.2, -0.15) is 0 Å². The number of carbonyl (C=O) groups excluding carboxylic acids is 1. The average molecular weight is 313 g/mol. The van der Waals surface area contributed by atoms with Crippen molar-refractivity contribution in [2.24, 2.45) is 5.92 Å². The van der Waals surface area contributed by atoms with Crippen molar-refractivity contribution in [2.75, 3.05) is 39.9 Å². The van der Waals surface area contributed by atoms with Crippen LogP contribution >= 0.6 is 0 Å².